The van der Waals surface area contributed by atoms with E-state index in [4.69, 9.17) is 4.74 Å². The zero-order valence-corrected chi connectivity index (χ0v) is 16.7. The molecular weight excluding hydrogens is 360 g/mol. The van der Waals surface area contributed by atoms with Crippen LogP contribution in [0.25, 0.3) is 6.08 Å². The molecule has 2 aromatic rings. The van der Waals surface area contributed by atoms with Gasteiger partial charge in [-0.15, -0.1) is 0 Å². The van der Waals surface area contributed by atoms with Crippen molar-refractivity contribution in [1.29, 1.82) is 0 Å². The van der Waals surface area contributed by atoms with E-state index in [1.165, 1.54) is 11.0 Å². The molecule has 27 heavy (non-hydrogen) atoms. The Balaban J connectivity index is 1.60. The standard InChI is InChI=1S/C21H26N2O3S/c1-18-8-9-21(26-2)20(16-18)17-22-11-13-23(14-12-22)27(24,25)15-10-19-6-4-3-5-7-19/h3-10,15-16H,11-14,17H2,1-2H3/b15-10+. The minimum absolute atomic E-state index is 0.496. The molecule has 6 heteroatoms. The van der Waals surface area contributed by atoms with E-state index in [0.29, 0.717) is 26.2 Å². The summed E-state index contributed by atoms with van der Waals surface area (Å²) in [5, 5.41) is 1.31. The van der Waals surface area contributed by atoms with Crippen molar-refractivity contribution in [2.75, 3.05) is 33.3 Å². The van der Waals surface area contributed by atoms with Crippen molar-refractivity contribution in [1.82, 2.24) is 9.21 Å². The van der Waals surface area contributed by atoms with Crippen LogP contribution in [0.2, 0.25) is 0 Å². The zero-order chi connectivity index (χ0) is 19.3. The molecule has 1 aliphatic rings. The van der Waals surface area contributed by atoms with Crippen molar-refractivity contribution in [3.63, 3.8) is 0 Å². The number of rotatable bonds is 6. The monoisotopic (exact) mass is 386 g/mol. The van der Waals surface area contributed by atoms with Gasteiger partial charge in [-0.2, -0.15) is 4.31 Å². The summed E-state index contributed by atoms with van der Waals surface area (Å²) in [5.41, 5.74) is 3.21. The SMILES string of the molecule is COc1ccc(C)cc1CN1CCN(S(=O)(=O)/C=C/c2ccccc2)CC1. The Morgan fingerprint density at radius 2 is 1.74 bits per heavy atom. The number of ether oxygens (including phenoxy) is 1. The van der Waals surface area contributed by atoms with Crippen molar-refractivity contribution < 1.29 is 13.2 Å². The number of hydrogen-bond acceptors (Lipinski definition) is 4. The number of hydrogen-bond donors (Lipinski definition) is 0. The maximum atomic E-state index is 12.6. The summed E-state index contributed by atoms with van der Waals surface area (Å²) < 4.78 is 32.1. The second-order valence-corrected chi connectivity index (χ2v) is 8.57. The van der Waals surface area contributed by atoms with Gasteiger partial charge in [0.2, 0.25) is 10.0 Å². The molecule has 3 rings (SSSR count). The van der Waals surface area contributed by atoms with Gasteiger partial charge in [0.25, 0.3) is 0 Å². The maximum absolute atomic E-state index is 12.6. The largest absolute Gasteiger partial charge is 0.496 e. The fourth-order valence-electron chi connectivity index (χ4n) is 3.23. The topological polar surface area (TPSA) is 49.9 Å². The van der Waals surface area contributed by atoms with Crippen LogP contribution in [0.5, 0.6) is 5.75 Å². The van der Waals surface area contributed by atoms with E-state index in [-0.39, 0.29) is 0 Å². The molecule has 0 aliphatic carbocycles. The average molecular weight is 387 g/mol. The third-order valence-corrected chi connectivity index (χ3v) is 6.32. The molecule has 0 N–H and O–H groups in total. The summed E-state index contributed by atoms with van der Waals surface area (Å²) in [6.07, 6.45) is 1.65. The first kappa shape index (κ1) is 19.6. The molecule has 0 bridgehead atoms. The molecule has 1 heterocycles. The third kappa shape index (κ3) is 5.19. The highest BCUT2D eigenvalue weighted by atomic mass is 32.2. The summed E-state index contributed by atoms with van der Waals surface area (Å²) in [6, 6.07) is 15.6. The van der Waals surface area contributed by atoms with E-state index >= 15 is 0 Å². The smallest absolute Gasteiger partial charge is 0.236 e. The molecule has 0 amide bonds. The van der Waals surface area contributed by atoms with Crippen molar-refractivity contribution >= 4 is 16.1 Å². The number of benzene rings is 2. The predicted octanol–water partition coefficient (Wildman–Crippen LogP) is 3.12. The van der Waals surface area contributed by atoms with Crippen LogP contribution in [0.4, 0.5) is 0 Å². The molecular formula is C21H26N2O3S. The first-order valence-electron chi connectivity index (χ1n) is 9.07. The lowest BCUT2D eigenvalue weighted by atomic mass is 10.1. The van der Waals surface area contributed by atoms with Gasteiger partial charge < -0.3 is 4.74 Å². The van der Waals surface area contributed by atoms with Crippen molar-refractivity contribution in [2.24, 2.45) is 0 Å². The molecule has 0 spiro atoms. The molecule has 1 saturated heterocycles. The lowest BCUT2D eigenvalue weighted by molar-refractivity contribution is 0.181. The molecule has 0 saturated carbocycles. The van der Waals surface area contributed by atoms with Crippen LogP contribution in [0.1, 0.15) is 16.7 Å². The second-order valence-electron chi connectivity index (χ2n) is 6.75. The van der Waals surface area contributed by atoms with Crippen LogP contribution in [-0.4, -0.2) is 50.9 Å². The molecule has 2 aromatic carbocycles. The summed E-state index contributed by atoms with van der Waals surface area (Å²) in [4.78, 5) is 2.27. The fraction of sp³-hybridized carbons (Fsp3) is 0.333. The van der Waals surface area contributed by atoms with Crippen molar-refractivity contribution in [2.45, 2.75) is 13.5 Å². The number of aryl methyl sites for hydroxylation is 1. The first-order valence-corrected chi connectivity index (χ1v) is 10.6. The van der Waals surface area contributed by atoms with E-state index in [1.54, 1.807) is 17.5 Å². The van der Waals surface area contributed by atoms with Gasteiger partial charge in [0.1, 0.15) is 5.75 Å². The molecule has 144 valence electrons. The van der Waals surface area contributed by atoms with E-state index in [9.17, 15) is 8.42 Å². The molecule has 0 radical (unpaired) electrons. The van der Waals surface area contributed by atoms with Gasteiger partial charge in [0.05, 0.1) is 7.11 Å². The van der Waals surface area contributed by atoms with E-state index < -0.39 is 10.0 Å². The van der Waals surface area contributed by atoms with Gasteiger partial charge in [-0.05, 0) is 24.6 Å². The zero-order valence-electron chi connectivity index (χ0n) is 15.8. The predicted molar refractivity (Wildman–Crippen MR) is 109 cm³/mol. The Morgan fingerprint density at radius 3 is 2.41 bits per heavy atom. The Bertz CT molecular complexity index is 887. The van der Waals surface area contributed by atoms with Gasteiger partial charge in [-0.3, -0.25) is 4.90 Å². The molecule has 0 atom stereocenters. The molecule has 0 aromatic heterocycles. The molecule has 1 fully saturated rings. The van der Waals surface area contributed by atoms with Crippen LogP contribution in [0, 0.1) is 6.92 Å². The third-order valence-electron chi connectivity index (χ3n) is 4.75. The summed E-state index contributed by atoms with van der Waals surface area (Å²) in [6.45, 7) is 5.22. The fourth-order valence-corrected chi connectivity index (χ4v) is 4.40. The Kier molecular flexibility index (Phi) is 6.31. The van der Waals surface area contributed by atoms with Crippen LogP contribution in [0.3, 0.4) is 0 Å². The number of nitrogens with zero attached hydrogens (tertiary/aromatic N) is 2. The van der Waals surface area contributed by atoms with E-state index in [0.717, 1.165) is 23.4 Å². The normalized spacial score (nSPS) is 16.7. The minimum Gasteiger partial charge on any atom is -0.496 e. The Hall–Kier alpha value is -2.15. The van der Waals surface area contributed by atoms with Gasteiger partial charge in [-0.1, -0.05) is 48.0 Å². The highest BCUT2D eigenvalue weighted by Gasteiger charge is 2.25. The molecule has 1 aliphatic heterocycles. The summed E-state index contributed by atoms with van der Waals surface area (Å²) in [7, 11) is -1.72. The minimum atomic E-state index is -3.40. The second kappa shape index (κ2) is 8.69. The van der Waals surface area contributed by atoms with Crippen LogP contribution in [-0.2, 0) is 16.6 Å². The lowest BCUT2D eigenvalue weighted by Gasteiger charge is -2.33. The van der Waals surface area contributed by atoms with Gasteiger partial charge >= 0.3 is 0 Å². The quantitative estimate of drug-likeness (QED) is 0.765. The van der Waals surface area contributed by atoms with Gasteiger partial charge in [0.15, 0.2) is 0 Å². The first-order chi connectivity index (χ1) is 13.0. The lowest BCUT2D eigenvalue weighted by Crippen LogP contribution is -2.47. The molecule has 0 unspecified atom stereocenters. The maximum Gasteiger partial charge on any atom is 0.236 e. The number of piperazine rings is 1. The van der Waals surface area contributed by atoms with Crippen LogP contribution < -0.4 is 4.74 Å². The van der Waals surface area contributed by atoms with Crippen molar-refractivity contribution in [3.05, 3.63) is 70.6 Å². The highest BCUT2D eigenvalue weighted by Crippen LogP contribution is 2.22. The van der Waals surface area contributed by atoms with E-state index in [1.807, 2.05) is 42.5 Å². The summed E-state index contributed by atoms with van der Waals surface area (Å²) in [5.74, 6) is 0.876. The van der Waals surface area contributed by atoms with Crippen LogP contribution >= 0.6 is 0 Å². The van der Waals surface area contributed by atoms with E-state index in [2.05, 4.69) is 17.9 Å². The molecule has 5 nitrogen and oxygen atoms in total. The Morgan fingerprint density at radius 1 is 1.04 bits per heavy atom. The van der Waals surface area contributed by atoms with Gasteiger partial charge in [0, 0.05) is 43.7 Å². The summed E-state index contributed by atoms with van der Waals surface area (Å²) >= 11 is 0. The Labute approximate surface area is 161 Å². The van der Waals surface area contributed by atoms with Crippen LogP contribution in [0.15, 0.2) is 53.9 Å². The highest BCUT2D eigenvalue weighted by molar-refractivity contribution is 7.92. The van der Waals surface area contributed by atoms with Gasteiger partial charge in [-0.25, -0.2) is 8.42 Å². The number of methoxy groups -OCH3 is 1. The number of sulfonamides is 1. The average Bonchev–Trinajstić information content (AvgIpc) is 2.68. The van der Waals surface area contributed by atoms with Crippen molar-refractivity contribution in [3.8, 4) is 5.75 Å².